The zero-order valence-electron chi connectivity index (χ0n) is 18.1. The molecule has 0 radical (unpaired) electrons. The van der Waals surface area contributed by atoms with Crippen molar-refractivity contribution in [2.75, 3.05) is 0 Å². The van der Waals surface area contributed by atoms with Gasteiger partial charge in [0.25, 0.3) is 5.79 Å². The third-order valence-corrected chi connectivity index (χ3v) is 5.89. The predicted molar refractivity (Wildman–Crippen MR) is 121 cm³/mol. The van der Waals surface area contributed by atoms with Gasteiger partial charge in [0.05, 0.1) is 19.8 Å². The fourth-order valence-corrected chi connectivity index (χ4v) is 4.10. The number of aliphatic hydroxyl groups is 2. The van der Waals surface area contributed by atoms with E-state index >= 15 is 0 Å². The van der Waals surface area contributed by atoms with Gasteiger partial charge in [0, 0.05) is 6.42 Å². The number of hydrogen-bond donors (Lipinski definition) is 2. The van der Waals surface area contributed by atoms with Crippen LogP contribution in [0.3, 0.4) is 0 Å². The molecule has 1 saturated carbocycles. The van der Waals surface area contributed by atoms with Gasteiger partial charge in [-0.3, -0.25) is 0 Å². The molecule has 2 atom stereocenters. The molecule has 0 aromatic heterocycles. The highest BCUT2D eigenvalue weighted by atomic mass is 16.8. The highest BCUT2D eigenvalue weighted by Crippen LogP contribution is 2.44. The first kappa shape index (κ1) is 22.6. The first-order valence-corrected chi connectivity index (χ1v) is 11.1. The molecule has 2 N–H and O–H groups in total. The summed E-state index contributed by atoms with van der Waals surface area (Å²) in [4.78, 5) is 0. The number of aliphatic hydroxyl groups excluding tert-OH is 1. The second-order valence-corrected chi connectivity index (χ2v) is 8.18. The summed E-state index contributed by atoms with van der Waals surface area (Å²) in [7, 11) is 0. The van der Waals surface area contributed by atoms with E-state index in [4.69, 9.17) is 14.2 Å². The first-order valence-electron chi connectivity index (χ1n) is 11.1. The average Bonchev–Trinajstić information content (AvgIpc) is 2.84. The van der Waals surface area contributed by atoms with Gasteiger partial charge in [-0.1, -0.05) is 91.0 Å². The highest BCUT2D eigenvalue weighted by Gasteiger charge is 2.61. The van der Waals surface area contributed by atoms with Gasteiger partial charge in [0.1, 0.15) is 6.10 Å². The van der Waals surface area contributed by atoms with Gasteiger partial charge < -0.3 is 24.4 Å². The van der Waals surface area contributed by atoms with Gasteiger partial charge in [-0.2, -0.15) is 0 Å². The summed E-state index contributed by atoms with van der Waals surface area (Å²) in [5, 5.41) is 22.9. The van der Waals surface area contributed by atoms with Crippen LogP contribution < -0.4 is 0 Å². The molecular formula is C27H30O5. The summed E-state index contributed by atoms with van der Waals surface area (Å²) in [6, 6.07) is 28.9. The largest absolute Gasteiger partial charge is 0.387 e. The molecule has 0 heterocycles. The second-order valence-electron chi connectivity index (χ2n) is 8.18. The van der Waals surface area contributed by atoms with Gasteiger partial charge >= 0.3 is 0 Å². The Morgan fingerprint density at radius 3 is 1.50 bits per heavy atom. The third kappa shape index (κ3) is 5.09. The van der Waals surface area contributed by atoms with Crippen LogP contribution in [-0.2, 0) is 34.0 Å². The smallest absolute Gasteiger partial charge is 0.251 e. The SMILES string of the molecule is OC1CCCC(O)(OCc2ccccc2)C1(OCc1ccccc1)OCc1ccccc1. The predicted octanol–water partition coefficient (Wildman–Crippen LogP) is 4.57. The molecule has 0 saturated heterocycles. The summed E-state index contributed by atoms with van der Waals surface area (Å²) >= 11 is 0. The molecule has 1 aliphatic rings. The Balaban J connectivity index is 1.61. The Kier molecular flexibility index (Phi) is 7.35. The number of rotatable bonds is 9. The molecule has 2 unspecified atom stereocenters. The van der Waals surface area contributed by atoms with Crippen molar-refractivity contribution in [3.05, 3.63) is 108 Å². The molecule has 0 bridgehead atoms. The van der Waals surface area contributed by atoms with Crippen molar-refractivity contribution in [3.63, 3.8) is 0 Å². The van der Waals surface area contributed by atoms with Crippen molar-refractivity contribution in [2.24, 2.45) is 0 Å². The summed E-state index contributed by atoms with van der Waals surface area (Å²) in [6.07, 6.45) is 0.281. The average molecular weight is 435 g/mol. The summed E-state index contributed by atoms with van der Waals surface area (Å²) in [5.41, 5.74) is 2.75. The van der Waals surface area contributed by atoms with Crippen LogP contribution in [0.15, 0.2) is 91.0 Å². The van der Waals surface area contributed by atoms with Crippen LogP contribution >= 0.6 is 0 Å². The molecule has 1 fully saturated rings. The van der Waals surface area contributed by atoms with E-state index in [9.17, 15) is 10.2 Å². The molecular weight excluding hydrogens is 404 g/mol. The van der Waals surface area contributed by atoms with Gasteiger partial charge in [0.2, 0.25) is 5.79 Å². The van der Waals surface area contributed by atoms with E-state index in [0.29, 0.717) is 19.3 Å². The van der Waals surface area contributed by atoms with E-state index in [1.807, 2.05) is 91.0 Å². The lowest BCUT2D eigenvalue weighted by molar-refractivity contribution is -0.442. The minimum atomic E-state index is -1.82. The Morgan fingerprint density at radius 2 is 1.06 bits per heavy atom. The molecule has 168 valence electrons. The number of hydrogen-bond acceptors (Lipinski definition) is 5. The van der Waals surface area contributed by atoms with Crippen molar-refractivity contribution in [1.29, 1.82) is 0 Å². The molecule has 0 spiro atoms. The Bertz CT molecular complexity index is 904. The lowest BCUT2D eigenvalue weighted by Gasteiger charge is -2.50. The highest BCUT2D eigenvalue weighted by molar-refractivity contribution is 5.16. The van der Waals surface area contributed by atoms with E-state index < -0.39 is 17.7 Å². The molecule has 32 heavy (non-hydrogen) atoms. The lowest BCUT2D eigenvalue weighted by Crippen LogP contribution is -2.67. The zero-order chi connectivity index (χ0) is 22.3. The molecule has 0 aliphatic heterocycles. The molecule has 0 amide bonds. The fraction of sp³-hybridized carbons (Fsp3) is 0.333. The van der Waals surface area contributed by atoms with Crippen molar-refractivity contribution in [1.82, 2.24) is 0 Å². The maximum atomic E-state index is 11.7. The maximum absolute atomic E-state index is 11.7. The third-order valence-electron chi connectivity index (χ3n) is 5.89. The fourth-order valence-electron chi connectivity index (χ4n) is 4.10. The molecule has 3 aromatic rings. The quantitative estimate of drug-likeness (QED) is 0.483. The number of ether oxygens (including phenoxy) is 3. The lowest BCUT2D eigenvalue weighted by atomic mass is 9.84. The Labute approximate surface area is 189 Å². The van der Waals surface area contributed by atoms with Crippen LogP contribution in [0.1, 0.15) is 36.0 Å². The molecule has 1 aliphatic carbocycles. The zero-order valence-corrected chi connectivity index (χ0v) is 18.1. The summed E-state index contributed by atoms with van der Waals surface area (Å²) in [6.45, 7) is 0.516. The van der Waals surface area contributed by atoms with Crippen molar-refractivity contribution < 1.29 is 24.4 Å². The van der Waals surface area contributed by atoms with Crippen LogP contribution in [0.25, 0.3) is 0 Å². The molecule has 5 heteroatoms. The van der Waals surface area contributed by atoms with Gasteiger partial charge in [-0.15, -0.1) is 0 Å². The van der Waals surface area contributed by atoms with Crippen LogP contribution in [0.2, 0.25) is 0 Å². The molecule has 5 nitrogen and oxygen atoms in total. The van der Waals surface area contributed by atoms with Crippen molar-refractivity contribution >= 4 is 0 Å². The van der Waals surface area contributed by atoms with Gasteiger partial charge in [0.15, 0.2) is 0 Å². The monoisotopic (exact) mass is 434 g/mol. The van der Waals surface area contributed by atoms with E-state index in [1.165, 1.54) is 0 Å². The van der Waals surface area contributed by atoms with E-state index in [0.717, 1.165) is 16.7 Å². The molecule has 3 aromatic carbocycles. The van der Waals surface area contributed by atoms with Gasteiger partial charge in [-0.05, 0) is 29.5 Å². The van der Waals surface area contributed by atoms with Crippen molar-refractivity contribution in [3.8, 4) is 0 Å². The van der Waals surface area contributed by atoms with Crippen molar-refractivity contribution in [2.45, 2.75) is 56.8 Å². The summed E-state index contributed by atoms with van der Waals surface area (Å²) in [5.74, 6) is -3.55. The minimum absolute atomic E-state index is 0.170. The topological polar surface area (TPSA) is 68.2 Å². The molecule has 4 rings (SSSR count). The second kappa shape index (κ2) is 10.4. The van der Waals surface area contributed by atoms with E-state index in [-0.39, 0.29) is 19.8 Å². The summed E-state index contributed by atoms with van der Waals surface area (Å²) < 4.78 is 18.6. The minimum Gasteiger partial charge on any atom is -0.387 e. The number of benzene rings is 3. The van der Waals surface area contributed by atoms with Crippen LogP contribution in [0.5, 0.6) is 0 Å². The normalized spacial score (nSPS) is 22.5. The first-order chi connectivity index (χ1) is 15.6. The van der Waals surface area contributed by atoms with E-state index in [1.54, 1.807) is 0 Å². The van der Waals surface area contributed by atoms with Crippen LogP contribution in [0.4, 0.5) is 0 Å². The standard InChI is InChI=1S/C27H30O5/c28-25-17-10-18-26(29,30-19-22-11-4-1-5-12-22)27(25,31-20-23-13-6-2-7-14-23)32-21-24-15-8-3-9-16-24/h1-9,11-16,25,28-29H,10,17-21H2. The maximum Gasteiger partial charge on any atom is 0.251 e. The van der Waals surface area contributed by atoms with Crippen LogP contribution in [-0.4, -0.2) is 27.9 Å². The Hall–Kier alpha value is -2.54. The Morgan fingerprint density at radius 1 is 0.656 bits per heavy atom. The van der Waals surface area contributed by atoms with E-state index in [2.05, 4.69) is 0 Å². The van der Waals surface area contributed by atoms with Gasteiger partial charge in [-0.25, -0.2) is 0 Å². The van der Waals surface area contributed by atoms with Crippen LogP contribution in [0, 0.1) is 0 Å².